The van der Waals surface area contributed by atoms with Gasteiger partial charge < -0.3 is 15.8 Å². The molecule has 2 aromatic rings. The van der Waals surface area contributed by atoms with Crippen molar-refractivity contribution in [1.29, 1.82) is 0 Å². The fourth-order valence-corrected chi connectivity index (χ4v) is 3.86. The number of carbonyl (C=O) groups excluding carboxylic acids is 1. The van der Waals surface area contributed by atoms with E-state index in [1.165, 1.54) is 16.5 Å². The normalized spacial score (nSPS) is 19.0. The Morgan fingerprint density at radius 2 is 1.87 bits per heavy atom. The minimum Gasteiger partial charge on any atom is -0.381 e. The average Bonchev–Trinajstić information content (AvgIpc) is 3.02. The predicted molar refractivity (Wildman–Crippen MR) is 91.5 cm³/mol. The van der Waals surface area contributed by atoms with Crippen molar-refractivity contribution in [2.45, 2.75) is 31.7 Å². The Bertz CT molecular complexity index is 740. The third-order valence-electron chi connectivity index (χ3n) is 5.21. The van der Waals surface area contributed by atoms with Crippen molar-refractivity contribution in [1.82, 2.24) is 0 Å². The maximum Gasteiger partial charge on any atom is 0.241 e. The van der Waals surface area contributed by atoms with Gasteiger partial charge in [0.25, 0.3) is 0 Å². The summed E-state index contributed by atoms with van der Waals surface area (Å²) in [7, 11) is 0. The second-order valence-corrected chi connectivity index (χ2v) is 6.58. The number of carbonyl (C=O) groups is 1. The van der Waals surface area contributed by atoms with Crippen LogP contribution in [0.2, 0.25) is 0 Å². The summed E-state index contributed by atoms with van der Waals surface area (Å²) in [5, 5.41) is 5.50. The molecule has 1 atom stereocenters. The molecular weight excluding hydrogens is 288 g/mol. The maximum atomic E-state index is 12.6. The minimum atomic E-state index is -0.470. The van der Waals surface area contributed by atoms with Crippen LogP contribution in [0.4, 0.5) is 5.69 Å². The van der Waals surface area contributed by atoms with Gasteiger partial charge in [-0.05, 0) is 54.2 Å². The second kappa shape index (κ2) is 5.95. The Morgan fingerprint density at radius 1 is 1.13 bits per heavy atom. The van der Waals surface area contributed by atoms with Crippen molar-refractivity contribution in [2.75, 3.05) is 18.5 Å². The first-order chi connectivity index (χ1) is 11.2. The van der Waals surface area contributed by atoms with E-state index in [1.54, 1.807) is 0 Å². The van der Waals surface area contributed by atoms with Gasteiger partial charge in [-0.25, -0.2) is 0 Å². The van der Waals surface area contributed by atoms with Gasteiger partial charge >= 0.3 is 0 Å². The number of ether oxygens (including phenoxy) is 1. The fraction of sp³-hybridized carbons (Fsp3) is 0.421. The van der Waals surface area contributed by atoms with Crippen molar-refractivity contribution in [3.8, 4) is 0 Å². The molecule has 1 heterocycles. The van der Waals surface area contributed by atoms with E-state index in [9.17, 15) is 4.79 Å². The highest BCUT2D eigenvalue weighted by Crippen LogP contribution is 2.35. The molecule has 23 heavy (non-hydrogen) atoms. The highest BCUT2D eigenvalue weighted by atomic mass is 16.5. The highest BCUT2D eigenvalue weighted by Gasteiger charge is 2.27. The number of hydrogen-bond acceptors (Lipinski definition) is 3. The van der Waals surface area contributed by atoms with Crippen LogP contribution in [0.1, 0.15) is 24.0 Å². The van der Waals surface area contributed by atoms with Crippen molar-refractivity contribution in [3.05, 3.63) is 41.5 Å². The largest absolute Gasteiger partial charge is 0.381 e. The summed E-state index contributed by atoms with van der Waals surface area (Å²) in [4.78, 5) is 12.6. The minimum absolute atomic E-state index is 0.0874. The number of nitrogens with one attached hydrogen (secondary N) is 1. The van der Waals surface area contributed by atoms with Crippen molar-refractivity contribution >= 4 is 22.4 Å². The predicted octanol–water partition coefficient (Wildman–Crippen LogP) is 2.63. The zero-order valence-electron chi connectivity index (χ0n) is 13.2. The average molecular weight is 310 g/mol. The van der Waals surface area contributed by atoms with Crippen LogP contribution in [0.5, 0.6) is 0 Å². The number of hydrogen-bond donors (Lipinski definition) is 2. The van der Waals surface area contributed by atoms with E-state index < -0.39 is 6.04 Å². The number of amides is 1. The maximum absolute atomic E-state index is 12.6. The summed E-state index contributed by atoms with van der Waals surface area (Å²) in [5.41, 5.74) is 9.82. The number of rotatable bonds is 3. The van der Waals surface area contributed by atoms with Crippen LogP contribution in [0.15, 0.2) is 30.3 Å². The molecule has 0 saturated carbocycles. The van der Waals surface area contributed by atoms with Gasteiger partial charge in [-0.3, -0.25) is 4.79 Å². The van der Waals surface area contributed by atoms with Gasteiger partial charge in [-0.15, -0.1) is 0 Å². The molecule has 1 amide bonds. The van der Waals surface area contributed by atoms with Crippen LogP contribution in [0, 0.1) is 5.92 Å². The number of benzene rings is 2. The zero-order valence-corrected chi connectivity index (χ0v) is 13.2. The van der Waals surface area contributed by atoms with E-state index >= 15 is 0 Å². The molecular formula is C19H22N2O2. The van der Waals surface area contributed by atoms with Gasteiger partial charge in [0.1, 0.15) is 0 Å². The molecule has 1 aliphatic heterocycles. The van der Waals surface area contributed by atoms with E-state index in [-0.39, 0.29) is 11.8 Å². The topological polar surface area (TPSA) is 64.4 Å². The number of nitrogens with two attached hydrogens (primary N) is 1. The van der Waals surface area contributed by atoms with Crippen molar-refractivity contribution in [2.24, 2.45) is 11.7 Å². The van der Waals surface area contributed by atoms with E-state index in [4.69, 9.17) is 10.5 Å². The standard InChI is InChI=1S/C19H22N2O2/c20-18(14-8-10-23-11-9-14)19(22)21-16-7-6-13-5-4-12-2-1-3-15(16)17(12)13/h1-3,6-7,14,18H,4-5,8-11,20H2,(H,21,22). The smallest absolute Gasteiger partial charge is 0.241 e. The quantitative estimate of drug-likeness (QED) is 0.916. The molecule has 1 saturated heterocycles. The first-order valence-corrected chi connectivity index (χ1v) is 8.42. The molecule has 0 aromatic heterocycles. The lowest BCUT2D eigenvalue weighted by atomic mass is 9.91. The Kier molecular flexibility index (Phi) is 3.79. The lowest BCUT2D eigenvalue weighted by Gasteiger charge is -2.27. The molecule has 1 unspecified atom stereocenters. The molecule has 2 aliphatic rings. The SMILES string of the molecule is NC(C(=O)Nc1ccc2c3c(cccc13)CC2)C1CCOCC1. The summed E-state index contributed by atoms with van der Waals surface area (Å²) >= 11 is 0. The first kappa shape index (κ1) is 14.7. The van der Waals surface area contributed by atoms with Gasteiger partial charge in [0.05, 0.1) is 6.04 Å². The van der Waals surface area contributed by atoms with Gasteiger partial charge in [0.15, 0.2) is 0 Å². The van der Waals surface area contributed by atoms with Gasteiger partial charge in [-0.1, -0.05) is 24.3 Å². The Morgan fingerprint density at radius 3 is 2.65 bits per heavy atom. The summed E-state index contributed by atoms with van der Waals surface area (Å²) in [6, 6.07) is 10.0. The summed E-state index contributed by atoms with van der Waals surface area (Å²) in [5.74, 6) is 0.121. The Labute approximate surface area is 136 Å². The van der Waals surface area contributed by atoms with Crippen LogP contribution in [-0.4, -0.2) is 25.2 Å². The van der Waals surface area contributed by atoms with Crippen LogP contribution < -0.4 is 11.1 Å². The van der Waals surface area contributed by atoms with E-state index in [0.29, 0.717) is 13.2 Å². The summed E-state index contributed by atoms with van der Waals surface area (Å²) < 4.78 is 5.35. The number of anilines is 1. The molecule has 0 radical (unpaired) electrons. The summed E-state index contributed by atoms with van der Waals surface area (Å²) in [6.07, 6.45) is 3.90. The number of aryl methyl sites for hydroxylation is 2. The first-order valence-electron chi connectivity index (χ1n) is 8.42. The molecule has 4 nitrogen and oxygen atoms in total. The fourth-order valence-electron chi connectivity index (χ4n) is 3.86. The van der Waals surface area contributed by atoms with Crippen molar-refractivity contribution in [3.63, 3.8) is 0 Å². The van der Waals surface area contributed by atoms with Gasteiger partial charge in [0.2, 0.25) is 5.91 Å². The second-order valence-electron chi connectivity index (χ2n) is 6.58. The Balaban J connectivity index is 1.59. The monoisotopic (exact) mass is 310 g/mol. The van der Waals surface area contributed by atoms with Crippen LogP contribution in [-0.2, 0) is 22.4 Å². The molecule has 4 rings (SSSR count). The zero-order chi connectivity index (χ0) is 15.8. The summed E-state index contributed by atoms with van der Waals surface area (Å²) in [6.45, 7) is 1.40. The van der Waals surface area contributed by atoms with E-state index in [1.807, 2.05) is 6.07 Å². The lowest BCUT2D eigenvalue weighted by Crippen LogP contribution is -2.44. The van der Waals surface area contributed by atoms with E-state index in [0.717, 1.165) is 36.8 Å². The molecule has 1 fully saturated rings. The molecule has 0 spiro atoms. The Hall–Kier alpha value is -1.91. The lowest BCUT2D eigenvalue weighted by molar-refractivity contribution is -0.119. The van der Waals surface area contributed by atoms with Crippen molar-refractivity contribution < 1.29 is 9.53 Å². The van der Waals surface area contributed by atoms with Crippen LogP contribution in [0.3, 0.4) is 0 Å². The molecule has 120 valence electrons. The van der Waals surface area contributed by atoms with Crippen LogP contribution >= 0.6 is 0 Å². The molecule has 4 heteroatoms. The molecule has 1 aliphatic carbocycles. The molecule has 0 bridgehead atoms. The van der Waals surface area contributed by atoms with E-state index in [2.05, 4.69) is 29.6 Å². The molecule has 2 aromatic carbocycles. The van der Waals surface area contributed by atoms with Gasteiger partial charge in [-0.2, -0.15) is 0 Å². The third-order valence-corrected chi connectivity index (χ3v) is 5.21. The molecule has 3 N–H and O–H groups in total. The highest BCUT2D eigenvalue weighted by molar-refractivity contribution is 6.06. The van der Waals surface area contributed by atoms with Gasteiger partial charge in [0, 0.05) is 24.3 Å². The third kappa shape index (κ3) is 2.62. The van der Waals surface area contributed by atoms with Crippen LogP contribution in [0.25, 0.3) is 10.8 Å².